The third kappa shape index (κ3) is 3.59. The molecule has 1 fully saturated rings. The Bertz CT molecular complexity index is 951. The molecule has 5 nitrogen and oxygen atoms in total. The number of carbonyl (C=O) groups excluding carboxylic acids is 2. The molecule has 1 aliphatic rings. The molecular formula is C24H19O5-. The molecule has 0 unspecified atom stereocenters. The molecule has 0 amide bonds. The molecule has 0 radical (unpaired) electrons. The summed E-state index contributed by atoms with van der Waals surface area (Å²) in [6, 6.07) is 24.1. The van der Waals surface area contributed by atoms with Gasteiger partial charge in [-0.3, -0.25) is 4.79 Å². The van der Waals surface area contributed by atoms with Crippen molar-refractivity contribution in [2.75, 3.05) is 0 Å². The number of phenolic OH excluding ortho intramolecular Hbond substituents is 1. The molecular weight excluding hydrogens is 368 g/mol. The summed E-state index contributed by atoms with van der Waals surface area (Å²) in [5, 5.41) is 21.4. The molecule has 1 aliphatic carbocycles. The van der Waals surface area contributed by atoms with E-state index in [4.69, 9.17) is 4.74 Å². The van der Waals surface area contributed by atoms with Crippen LogP contribution in [-0.2, 0) is 9.59 Å². The highest BCUT2D eigenvalue weighted by Crippen LogP contribution is 2.57. The number of rotatable bonds is 5. The topological polar surface area (TPSA) is 86.7 Å². The van der Waals surface area contributed by atoms with Gasteiger partial charge in [-0.2, -0.15) is 0 Å². The Balaban J connectivity index is 1.71. The minimum atomic E-state index is -1.18. The van der Waals surface area contributed by atoms with Gasteiger partial charge in [-0.05, 0) is 35.4 Å². The van der Waals surface area contributed by atoms with Gasteiger partial charge in [0, 0.05) is 23.7 Å². The van der Waals surface area contributed by atoms with Crippen molar-refractivity contribution >= 4 is 11.9 Å². The van der Waals surface area contributed by atoms with Crippen molar-refractivity contribution < 1.29 is 24.5 Å². The predicted molar refractivity (Wildman–Crippen MR) is 104 cm³/mol. The van der Waals surface area contributed by atoms with Crippen LogP contribution in [0.3, 0.4) is 0 Å². The van der Waals surface area contributed by atoms with Crippen molar-refractivity contribution in [1.82, 2.24) is 0 Å². The highest BCUT2D eigenvalue weighted by molar-refractivity contribution is 5.85. The highest BCUT2D eigenvalue weighted by atomic mass is 16.5. The number of hydrogen-bond acceptors (Lipinski definition) is 5. The zero-order valence-corrected chi connectivity index (χ0v) is 15.5. The van der Waals surface area contributed by atoms with Crippen molar-refractivity contribution in [2.24, 2.45) is 11.8 Å². The second kappa shape index (κ2) is 7.80. The van der Waals surface area contributed by atoms with Gasteiger partial charge in [0.2, 0.25) is 0 Å². The Morgan fingerprint density at radius 3 is 1.66 bits per heavy atom. The Morgan fingerprint density at radius 1 is 0.724 bits per heavy atom. The molecule has 5 heteroatoms. The van der Waals surface area contributed by atoms with E-state index in [0.29, 0.717) is 5.75 Å². The third-order valence-electron chi connectivity index (χ3n) is 5.52. The summed E-state index contributed by atoms with van der Waals surface area (Å²) in [5.74, 6) is -3.92. The van der Waals surface area contributed by atoms with Gasteiger partial charge in [-0.1, -0.05) is 60.7 Å². The van der Waals surface area contributed by atoms with E-state index in [1.807, 2.05) is 60.7 Å². The molecule has 0 saturated heterocycles. The van der Waals surface area contributed by atoms with Gasteiger partial charge in [0.1, 0.15) is 11.5 Å². The summed E-state index contributed by atoms with van der Waals surface area (Å²) in [5.41, 5.74) is 1.53. The van der Waals surface area contributed by atoms with E-state index in [-0.39, 0.29) is 5.75 Å². The quantitative estimate of drug-likeness (QED) is 0.537. The number of aromatic hydroxyl groups is 1. The fourth-order valence-electron chi connectivity index (χ4n) is 4.21. The number of hydrogen-bond donors (Lipinski definition) is 1. The molecule has 3 aromatic rings. The largest absolute Gasteiger partial charge is 0.550 e. The number of aliphatic carboxylic acids is 1. The monoisotopic (exact) mass is 387 g/mol. The van der Waals surface area contributed by atoms with Gasteiger partial charge in [0.05, 0.1) is 5.92 Å². The fraction of sp³-hybridized carbons (Fsp3) is 0.167. The molecule has 146 valence electrons. The van der Waals surface area contributed by atoms with Gasteiger partial charge >= 0.3 is 5.97 Å². The number of esters is 1. The van der Waals surface area contributed by atoms with E-state index in [2.05, 4.69) is 0 Å². The lowest BCUT2D eigenvalue weighted by molar-refractivity contribution is -0.317. The minimum absolute atomic E-state index is 0.0646. The molecule has 1 N–H and O–H groups in total. The van der Waals surface area contributed by atoms with E-state index in [1.54, 1.807) is 0 Å². The highest BCUT2D eigenvalue weighted by Gasteiger charge is 2.56. The van der Waals surface area contributed by atoms with Gasteiger partial charge in [0.25, 0.3) is 0 Å². The van der Waals surface area contributed by atoms with E-state index in [1.165, 1.54) is 24.3 Å². The van der Waals surface area contributed by atoms with E-state index in [9.17, 15) is 19.8 Å². The third-order valence-corrected chi connectivity index (χ3v) is 5.52. The molecule has 0 bridgehead atoms. The summed E-state index contributed by atoms with van der Waals surface area (Å²) in [6.45, 7) is 0. The first kappa shape index (κ1) is 18.7. The molecule has 2 atom stereocenters. The van der Waals surface area contributed by atoms with E-state index in [0.717, 1.165) is 11.1 Å². The summed E-state index contributed by atoms with van der Waals surface area (Å²) in [6.07, 6.45) is 0. The van der Waals surface area contributed by atoms with Crippen LogP contribution in [0.25, 0.3) is 0 Å². The van der Waals surface area contributed by atoms with Gasteiger partial charge in [-0.15, -0.1) is 0 Å². The lowest BCUT2D eigenvalue weighted by atomic mass is 9.52. The lowest BCUT2D eigenvalue weighted by Gasteiger charge is -2.51. The molecule has 1 saturated carbocycles. The van der Waals surface area contributed by atoms with Crippen LogP contribution in [0.5, 0.6) is 11.5 Å². The lowest BCUT2D eigenvalue weighted by Crippen LogP contribution is -2.55. The van der Waals surface area contributed by atoms with Crippen LogP contribution in [0, 0.1) is 11.8 Å². The zero-order valence-electron chi connectivity index (χ0n) is 15.5. The smallest absolute Gasteiger partial charge is 0.315 e. The van der Waals surface area contributed by atoms with E-state index >= 15 is 0 Å². The number of phenols is 1. The number of ether oxygens (including phenoxy) is 1. The molecule has 29 heavy (non-hydrogen) atoms. The molecule has 0 spiro atoms. The van der Waals surface area contributed by atoms with E-state index < -0.39 is 35.6 Å². The standard InChI is InChI=1S/C24H20O5/c25-17-11-13-18(14-12-17)29-24(28)22-19(15-7-3-1-4-8-15)21(23(26)27)20(22)16-9-5-2-6-10-16/h1-14,19-22,25H,(H,26,27)/p-1/t19-,20-,21?,22?/m0/s1. The van der Waals surface area contributed by atoms with Crippen LogP contribution < -0.4 is 9.84 Å². The number of benzene rings is 3. The number of carboxylic acids is 1. The van der Waals surface area contributed by atoms with Crippen LogP contribution in [-0.4, -0.2) is 17.0 Å². The first-order chi connectivity index (χ1) is 14.1. The summed E-state index contributed by atoms with van der Waals surface area (Å²) < 4.78 is 5.54. The Hall–Kier alpha value is -3.60. The average Bonchev–Trinajstić information content (AvgIpc) is 2.70. The van der Waals surface area contributed by atoms with Gasteiger partial charge in [-0.25, -0.2) is 0 Å². The molecule has 0 aliphatic heterocycles. The number of carboxylic acid groups (broad SMARTS) is 1. The Kier molecular flexibility index (Phi) is 5.04. The fourth-order valence-corrected chi connectivity index (χ4v) is 4.21. The Labute approximate surface area is 168 Å². The van der Waals surface area contributed by atoms with Crippen LogP contribution >= 0.6 is 0 Å². The van der Waals surface area contributed by atoms with Gasteiger partial charge < -0.3 is 19.7 Å². The maximum Gasteiger partial charge on any atom is 0.315 e. The average molecular weight is 387 g/mol. The second-order valence-corrected chi connectivity index (χ2v) is 7.16. The SMILES string of the molecule is O=C([O-])C1[C@H](c2ccccc2)C(C(=O)Oc2ccc(O)cc2)[C@H]1c1ccccc1. The minimum Gasteiger partial charge on any atom is -0.550 e. The van der Waals surface area contributed by atoms with Crippen LogP contribution in [0.1, 0.15) is 23.0 Å². The van der Waals surface area contributed by atoms with Crippen molar-refractivity contribution in [3.8, 4) is 11.5 Å². The van der Waals surface area contributed by atoms with Crippen molar-refractivity contribution in [1.29, 1.82) is 0 Å². The first-order valence-electron chi connectivity index (χ1n) is 9.37. The van der Waals surface area contributed by atoms with Crippen LogP contribution in [0.4, 0.5) is 0 Å². The van der Waals surface area contributed by atoms with Crippen LogP contribution in [0.2, 0.25) is 0 Å². The van der Waals surface area contributed by atoms with Crippen LogP contribution in [0.15, 0.2) is 84.9 Å². The zero-order chi connectivity index (χ0) is 20.4. The summed E-state index contributed by atoms with van der Waals surface area (Å²) >= 11 is 0. The second-order valence-electron chi connectivity index (χ2n) is 7.16. The summed E-state index contributed by atoms with van der Waals surface area (Å²) in [4.78, 5) is 25.1. The maximum atomic E-state index is 13.1. The van der Waals surface area contributed by atoms with Gasteiger partial charge in [0.15, 0.2) is 0 Å². The summed E-state index contributed by atoms with van der Waals surface area (Å²) in [7, 11) is 0. The predicted octanol–water partition coefficient (Wildman–Crippen LogP) is 2.86. The number of carbonyl (C=O) groups is 2. The molecule has 0 heterocycles. The molecule has 3 aromatic carbocycles. The Morgan fingerprint density at radius 2 is 1.21 bits per heavy atom. The van der Waals surface area contributed by atoms with Crippen molar-refractivity contribution in [2.45, 2.75) is 11.8 Å². The van der Waals surface area contributed by atoms with Crippen molar-refractivity contribution in [3.63, 3.8) is 0 Å². The first-order valence-corrected chi connectivity index (χ1v) is 9.37. The maximum absolute atomic E-state index is 13.1. The van der Waals surface area contributed by atoms with Crippen molar-refractivity contribution in [3.05, 3.63) is 96.1 Å². The molecule has 0 aromatic heterocycles. The normalized spacial score (nSPS) is 23.0. The molecule has 4 rings (SSSR count).